The first-order valence-electron chi connectivity index (χ1n) is 11.6. The second kappa shape index (κ2) is 10.5. The van der Waals surface area contributed by atoms with Crippen LogP contribution in [0.1, 0.15) is 50.6 Å². The number of hydrogen-bond donors (Lipinski definition) is 1. The summed E-state index contributed by atoms with van der Waals surface area (Å²) in [5.41, 5.74) is 4.47. The minimum absolute atomic E-state index is 0.0661. The molecular weight excluding hydrogens is 436 g/mol. The van der Waals surface area contributed by atoms with Gasteiger partial charge in [-0.3, -0.25) is 4.79 Å². The van der Waals surface area contributed by atoms with E-state index in [2.05, 4.69) is 16.8 Å². The van der Waals surface area contributed by atoms with Gasteiger partial charge in [-0.1, -0.05) is 32.9 Å². The van der Waals surface area contributed by atoms with Gasteiger partial charge in [0.05, 0.1) is 15.9 Å². The largest absolute Gasteiger partial charge is 0.328 e. The van der Waals surface area contributed by atoms with Gasteiger partial charge < -0.3 is 9.88 Å². The molecule has 1 amide bonds. The van der Waals surface area contributed by atoms with Crippen molar-refractivity contribution >= 4 is 32.7 Å². The summed E-state index contributed by atoms with van der Waals surface area (Å²) in [6, 6.07) is 11.1. The molecule has 0 bridgehead atoms. The highest BCUT2D eigenvalue weighted by Crippen LogP contribution is 2.24. The number of amides is 1. The molecular formula is C25H34N4O3S. The average Bonchev–Trinajstić information content (AvgIpc) is 3.12. The van der Waals surface area contributed by atoms with Gasteiger partial charge in [-0.25, -0.2) is 13.4 Å². The van der Waals surface area contributed by atoms with E-state index in [9.17, 15) is 13.2 Å². The van der Waals surface area contributed by atoms with E-state index in [0.29, 0.717) is 31.4 Å². The number of aromatic nitrogens is 2. The third kappa shape index (κ3) is 5.45. The van der Waals surface area contributed by atoms with Crippen LogP contribution in [0.15, 0.2) is 41.3 Å². The van der Waals surface area contributed by atoms with Gasteiger partial charge in [-0.05, 0) is 55.7 Å². The maximum Gasteiger partial charge on any atom is 0.243 e. The number of carbonyl (C=O) groups excluding carboxylic acids is 1. The first-order chi connectivity index (χ1) is 15.7. The summed E-state index contributed by atoms with van der Waals surface area (Å²) in [7, 11) is -3.56. The molecule has 33 heavy (non-hydrogen) atoms. The fraction of sp³-hybridized carbons (Fsp3) is 0.440. The Kier molecular flexibility index (Phi) is 7.92. The number of aryl methyl sites for hydroxylation is 4. The minimum atomic E-state index is -3.56. The SMILES string of the molecule is CCCn1c(CCC(=O)Nc2cc(C)ccc2C)nc2cc(S(=O)(=O)N(CC)CC)ccc21. The van der Waals surface area contributed by atoms with Crippen molar-refractivity contribution in [2.24, 2.45) is 0 Å². The van der Waals surface area contributed by atoms with Crippen LogP contribution in [0.4, 0.5) is 5.69 Å². The summed E-state index contributed by atoms with van der Waals surface area (Å²) >= 11 is 0. The second-order valence-corrected chi connectivity index (χ2v) is 10.2. The van der Waals surface area contributed by atoms with Crippen LogP contribution < -0.4 is 5.32 Å². The molecule has 1 aromatic heterocycles. The normalized spacial score (nSPS) is 11.9. The molecule has 0 unspecified atom stereocenters. The van der Waals surface area contributed by atoms with E-state index in [-0.39, 0.29) is 10.8 Å². The maximum atomic E-state index is 12.9. The number of nitrogens with zero attached hydrogens (tertiary/aromatic N) is 3. The number of nitrogens with one attached hydrogen (secondary N) is 1. The van der Waals surface area contributed by atoms with E-state index >= 15 is 0 Å². The van der Waals surface area contributed by atoms with Crippen molar-refractivity contribution in [3.63, 3.8) is 0 Å². The van der Waals surface area contributed by atoms with E-state index in [1.165, 1.54) is 4.31 Å². The predicted molar refractivity (Wildman–Crippen MR) is 133 cm³/mol. The summed E-state index contributed by atoms with van der Waals surface area (Å²) in [6.07, 6.45) is 1.68. The van der Waals surface area contributed by atoms with Gasteiger partial charge in [0.15, 0.2) is 0 Å². The van der Waals surface area contributed by atoms with E-state index in [1.54, 1.807) is 12.1 Å². The van der Waals surface area contributed by atoms with Crippen LogP contribution in [-0.4, -0.2) is 41.3 Å². The number of benzene rings is 2. The highest BCUT2D eigenvalue weighted by molar-refractivity contribution is 7.89. The minimum Gasteiger partial charge on any atom is -0.328 e. The number of fused-ring (bicyclic) bond motifs is 1. The van der Waals surface area contributed by atoms with E-state index in [1.807, 2.05) is 52.0 Å². The molecule has 0 aliphatic rings. The predicted octanol–water partition coefficient (Wildman–Crippen LogP) is 4.66. The number of rotatable bonds is 10. The van der Waals surface area contributed by atoms with Gasteiger partial charge in [0.25, 0.3) is 0 Å². The monoisotopic (exact) mass is 470 g/mol. The summed E-state index contributed by atoms with van der Waals surface area (Å²) in [4.78, 5) is 17.6. The second-order valence-electron chi connectivity index (χ2n) is 8.29. The molecule has 0 spiro atoms. The highest BCUT2D eigenvalue weighted by atomic mass is 32.2. The Morgan fingerprint density at radius 2 is 1.79 bits per heavy atom. The lowest BCUT2D eigenvalue weighted by atomic mass is 10.1. The number of sulfonamides is 1. The first-order valence-corrected chi connectivity index (χ1v) is 13.0. The standard InChI is InChI=1S/C25H34N4O3S/c1-6-15-29-23-12-11-20(33(31,32)28(7-2)8-3)17-22(23)26-24(29)13-14-25(30)27-21-16-18(4)9-10-19(21)5/h9-12,16-17H,6-8,13-15H2,1-5H3,(H,27,30). The molecule has 1 N–H and O–H groups in total. The molecule has 0 aliphatic carbocycles. The fourth-order valence-corrected chi connectivity index (χ4v) is 5.48. The van der Waals surface area contributed by atoms with Crippen LogP contribution >= 0.6 is 0 Å². The van der Waals surface area contributed by atoms with Gasteiger partial charge in [-0.15, -0.1) is 0 Å². The number of carbonyl (C=O) groups is 1. The van der Waals surface area contributed by atoms with Crippen LogP contribution in [0.5, 0.6) is 0 Å². The zero-order valence-electron chi connectivity index (χ0n) is 20.2. The Morgan fingerprint density at radius 3 is 2.45 bits per heavy atom. The fourth-order valence-electron chi connectivity index (χ4n) is 4.01. The van der Waals surface area contributed by atoms with Crippen molar-refractivity contribution < 1.29 is 13.2 Å². The molecule has 8 heteroatoms. The first kappa shape index (κ1) is 24.9. The summed E-state index contributed by atoms with van der Waals surface area (Å²) in [6.45, 7) is 11.3. The maximum absolute atomic E-state index is 12.9. The molecule has 0 radical (unpaired) electrons. The topological polar surface area (TPSA) is 84.3 Å². The van der Waals surface area contributed by atoms with Gasteiger partial charge in [-0.2, -0.15) is 4.31 Å². The average molecular weight is 471 g/mol. The van der Waals surface area contributed by atoms with Crippen LogP contribution in [-0.2, 0) is 27.8 Å². The summed E-state index contributed by atoms with van der Waals surface area (Å²) in [5.74, 6) is 0.726. The third-order valence-corrected chi connectivity index (χ3v) is 7.88. The van der Waals surface area contributed by atoms with Gasteiger partial charge in [0.2, 0.25) is 15.9 Å². The quantitative estimate of drug-likeness (QED) is 0.467. The van der Waals surface area contributed by atoms with Crippen molar-refractivity contribution in [3.8, 4) is 0 Å². The van der Waals surface area contributed by atoms with Gasteiger partial charge >= 0.3 is 0 Å². The molecule has 0 saturated heterocycles. The summed E-state index contributed by atoms with van der Waals surface area (Å²) < 4.78 is 29.4. The van der Waals surface area contributed by atoms with E-state index in [4.69, 9.17) is 4.98 Å². The molecule has 0 aliphatic heterocycles. The van der Waals surface area contributed by atoms with Crippen LogP contribution in [0.2, 0.25) is 0 Å². The van der Waals surface area contributed by atoms with Crippen LogP contribution in [0.3, 0.4) is 0 Å². The molecule has 0 fully saturated rings. The molecule has 7 nitrogen and oxygen atoms in total. The van der Waals surface area contributed by atoms with E-state index < -0.39 is 10.0 Å². The van der Waals surface area contributed by atoms with Crippen LogP contribution in [0, 0.1) is 13.8 Å². The lowest BCUT2D eigenvalue weighted by Gasteiger charge is -2.18. The zero-order chi connectivity index (χ0) is 24.2. The van der Waals surface area contributed by atoms with Gasteiger partial charge in [0.1, 0.15) is 5.82 Å². The lowest BCUT2D eigenvalue weighted by Crippen LogP contribution is -2.30. The van der Waals surface area contributed by atoms with Crippen molar-refractivity contribution in [2.75, 3.05) is 18.4 Å². The molecule has 1 heterocycles. The Morgan fingerprint density at radius 1 is 1.06 bits per heavy atom. The number of hydrogen-bond acceptors (Lipinski definition) is 4. The number of anilines is 1. The molecule has 178 valence electrons. The van der Waals surface area contributed by atoms with Gasteiger partial charge in [0, 0.05) is 38.2 Å². The molecule has 3 aromatic rings. The third-order valence-electron chi connectivity index (χ3n) is 5.83. The molecule has 3 rings (SSSR count). The summed E-state index contributed by atoms with van der Waals surface area (Å²) in [5, 5.41) is 3.00. The Bertz CT molecular complexity index is 1240. The van der Waals surface area contributed by atoms with E-state index in [0.717, 1.165) is 41.1 Å². The Balaban J connectivity index is 1.85. The molecule has 0 saturated carbocycles. The molecule has 0 atom stereocenters. The van der Waals surface area contributed by atoms with Crippen molar-refractivity contribution in [3.05, 3.63) is 53.3 Å². The van der Waals surface area contributed by atoms with Crippen LogP contribution in [0.25, 0.3) is 11.0 Å². The van der Waals surface area contributed by atoms with Crippen molar-refractivity contribution in [2.45, 2.75) is 65.3 Å². The smallest absolute Gasteiger partial charge is 0.243 e. The Hall–Kier alpha value is -2.71. The van der Waals surface area contributed by atoms with Crippen molar-refractivity contribution in [1.29, 1.82) is 0 Å². The lowest BCUT2D eigenvalue weighted by molar-refractivity contribution is -0.116. The highest BCUT2D eigenvalue weighted by Gasteiger charge is 2.23. The zero-order valence-corrected chi connectivity index (χ0v) is 21.0. The van der Waals surface area contributed by atoms with Crippen molar-refractivity contribution in [1.82, 2.24) is 13.9 Å². The Labute approximate surface area is 196 Å². The molecule has 2 aromatic carbocycles. The number of imidazole rings is 1.